The van der Waals surface area contributed by atoms with Crippen molar-refractivity contribution in [1.29, 1.82) is 0 Å². The Labute approximate surface area is 179 Å². The first-order chi connectivity index (χ1) is 13.3. The van der Waals surface area contributed by atoms with Gasteiger partial charge in [-0.1, -0.05) is 74.7 Å². The second-order valence-corrected chi connectivity index (χ2v) is 7.29. The van der Waals surface area contributed by atoms with Gasteiger partial charge in [-0.05, 0) is 31.1 Å². The molecular weight excluding hydrogens is 352 g/mol. The molecule has 0 radical (unpaired) electrons. The predicted molar refractivity (Wildman–Crippen MR) is 125 cm³/mol. The van der Waals surface area contributed by atoms with Crippen LogP contribution >= 0.6 is 0 Å². The first-order valence-electron chi connectivity index (χ1n) is 11.3. The molecule has 4 nitrogen and oxygen atoms in total. The first kappa shape index (κ1) is 35.3. The molecule has 2 unspecified atom stereocenters. The van der Waals surface area contributed by atoms with E-state index < -0.39 is 0 Å². The molecule has 176 valence electrons. The molecule has 0 aromatic rings. The van der Waals surface area contributed by atoms with E-state index in [2.05, 4.69) is 55.4 Å². The van der Waals surface area contributed by atoms with Gasteiger partial charge in [0.1, 0.15) is 0 Å². The molecule has 0 spiro atoms. The Hall–Kier alpha value is -0.160. The Morgan fingerprint density at radius 3 is 0.893 bits per heavy atom. The second kappa shape index (κ2) is 31.5. The molecule has 0 aliphatic carbocycles. The lowest BCUT2D eigenvalue weighted by atomic mass is 10.1. The molecule has 4 heteroatoms. The van der Waals surface area contributed by atoms with Crippen LogP contribution in [-0.2, 0) is 18.9 Å². The molecule has 0 amide bonds. The molecule has 28 heavy (non-hydrogen) atoms. The Morgan fingerprint density at radius 1 is 0.464 bits per heavy atom. The van der Waals surface area contributed by atoms with E-state index >= 15 is 0 Å². The highest BCUT2D eigenvalue weighted by molar-refractivity contribution is 4.49. The number of methoxy groups -OCH3 is 4. The van der Waals surface area contributed by atoms with Crippen molar-refractivity contribution in [2.45, 2.75) is 106 Å². The number of hydrogen-bond acceptors (Lipinski definition) is 4. The predicted octanol–water partition coefficient (Wildman–Crippen LogP) is 7.00. The van der Waals surface area contributed by atoms with Crippen molar-refractivity contribution in [3.05, 3.63) is 0 Å². The lowest BCUT2D eigenvalue weighted by molar-refractivity contribution is 0.0265. The monoisotopic (exact) mass is 408 g/mol. The van der Waals surface area contributed by atoms with Crippen LogP contribution < -0.4 is 0 Å². The SMILES string of the molecule is CCC(C)CC.CCC(C)COC.CCC(CC)OC.CCC(COC)OC. The molecule has 0 aromatic heterocycles. The van der Waals surface area contributed by atoms with Crippen LogP contribution in [-0.4, -0.2) is 53.9 Å². The van der Waals surface area contributed by atoms with Crippen LogP contribution in [0.2, 0.25) is 0 Å². The lowest BCUT2D eigenvalue weighted by Crippen LogP contribution is -2.15. The Bertz CT molecular complexity index is 219. The van der Waals surface area contributed by atoms with Gasteiger partial charge < -0.3 is 18.9 Å². The Morgan fingerprint density at radius 2 is 0.821 bits per heavy atom. The number of rotatable bonds is 12. The van der Waals surface area contributed by atoms with E-state index in [-0.39, 0.29) is 6.10 Å². The summed E-state index contributed by atoms with van der Waals surface area (Å²) < 4.78 is 19.8. The molecule has 0 N–H and O–H groups in total. The Balaban J connectivity index is -0.000000138. The van der Waals surface area contributed by atoms with Gasteiger partial charge in [0.15, 0.2) is 0 Å². The van der Waals surface area contributed by atoms with Crippen molar-refractivity contribution in [2.75, 3.05) is 41.7 Å². The van der Waals surface area contributed by atoms with Gasteiger partial charge in [-0.25, -0.2) is 0 Å². The highest BCUT2D eigenvalue weighted by atomic mass is 16.5. The van der Waals surface area contributed by atoms with Crippen molar-refractivity contribution in [3.63, 3.8) is 0 Å². The fourth-order valence-electron chi connectivity index (χ4n) is 1.85. The highest BCUT2D eigenvalue weighted by Gasteiger charge is 2.00. The van der Waals surface area contributed by atoms with E-state index in [1.54, 1.807) is 28.4 Å². The third-order valence-corrected chi connectivity index (χ3v) is 4.93. The largest absolute Gasteiger partial charge is 0.384 e. The number of hydrogen-bond donors (Lipinski definition) is 0. The molecule has 0 saturated carbocycles. The summed E-state index contributed by atoms with van der Waals surface area (Å²) in [5.74, 6) is 1.66. The van der Waals surface area contributed by atoms with Crippen LogP contribution in [0.15, 0.2) is 0 Å². The van der Waals surface area contributed by atoms with Crippen molar-refractivity contribution in [1.82, 2.24) is 0 Å². The van der Waals surface area contributed by atoms with E-state index in [0.29, 0.717) is 12.7 Å². The van der Waals surface area contributed by atoms with E-state index in [0.717, 1.165) is 37.7 Å². The molecule has 0 aliphatic heterocycles. The molecular formula is C24H56O4. The molecule has 0 rings (SSSR count). The molecule has 0 heterocycles. The van der Waals surface area contributed by atoms with Gasteiger partial charge in [0.25, 0.3) is 0 Å². The zero-order valence-electron chi connectivity index (χ0n) is 21.6. The minimum absolute atomic E-state index is 0.278. The fourth-order valence-corrected chi connectivity index (χ4v) is 1.85. The maximum absolute atomic E-state index is 5.05. The van der Waals surface area contributed by atoms with Gasteiger partial charge in [-0.3, -0.25) is 0 Å². The van der Waals surface area contributed by atoms with Crippen molar-refractivity contribution in [3.8, 4) is 0 Å². The molecule has 0 fully saturated rings. The molecule has 2 atom stereocenters. The molecule has 0 bridgehead atoms. The van der Waals surface area contributed by atoms with E-state index in [1.807, 2.05) is 0 Å². The zero-order valence-corrected chi connectivity index (χ0v) is 21.6. The standard InChI is InChI=1S/C6H14O2.2C6H14O.C6H14/c1-4-6(8-3)5-7-2;1-4-6(2)5-7-3;1-4-6(5-2)7-3;1-4-6(3)5-2/h6H,4-5H2,1-3H3;2*6H,4-5H2,1-3H3;6H,4-5H2,1-3H3. The second-order valence-electron chi connectivity index (χ2n) is 7.29. The molecule has 0 aliphatic rings. The summed E-state index contributed by atoms with van der Waals surface area (Å²) in [6.07, 6.45) is 7.92. The molecule has 0 saturated heterocycles. The fraction of sp³-hybridized carbons (Fsp3) is 1.00. The smallest absolute Gasteiger partial charge is 0.0801 e. The van der Waals surface area contributed by atoms with Crippen LogP contribution in [0.3, 0.4) is 0 Å². The van der Waals surface area contributed by atoms with Crippen molar-refractivity contribution >= 4 is 0 Å². The third-order valence-electron chi connectivity index (χ3n) is 4.93. The highest BCUT2D eigenvalue weighted by Crippen LogP contribution is 2.03. The summed E-state index contributed by atoms with van der Waals surface area (Å²) in [5, 5.41) is 0. The summed E-state index contributed by atoms with van der Waals surface area (Å²) in [6.45, 7) is 19.0. The zero-order chi connectivity index (χ0) is 22.8. The maximum atomic E-state index is 5.05. The first-order valence-corrected chi connectivity index (χ1v) is 11.3. The topological polar surface area (TPSA) is 36.9 Å². The van der Waals surface area contributed by atoms with Gasteiger partial charge in [-0.15, -0.1) is 0 Å². The summed E-state index contributed by atoms with van der Waals surface area (Å²) >= 11 is 0. The van der Waals surface area contributed by atoms with Gasteiger partial charge in [0.2, 0.25) is 0 Å². The average Bonchev–Trinajstić information content (AvgIpc) is 2.74. The molecule has 0 aromatic carbocycles. The summed E-state index contributed by atoms with van der Waals surface area (Å²) in [7, 11) is 6.89. The van der Waals surface area contributed by atoms with E-state index in [1.165, 1.54) is 19.3 Å². The van der Waals surface area contributed by atoms with Crippen LogP contribution in [0.5, 0.6) is 0 Å². The Kier molecular flexibility index (Phi) is 39.7. The average molecular weight is 409 g/mol. The minimum atomic E-state index is 0.278. The minimum Gasteiger partial charge on any atom is -0.384 e. The van der Waals surface area contributed by atoms with Gasteiger partial charge >= 0.3 is 0 Å². The quantitative estimate of drug-likeness (QED) is 0.348. The summed E-state index contributed by atoms with van der Waals surface area (Å²) in [5.41, 5.74) is 0. The van der Waals surface area contributed by atoms with Crippen LogP contribution in [0.4, 0.5) is 0 Å². The normalized spacial score (nSPS) is 12.2. The maximum Gasteiger partial charge on any atom is 0.0801 e. The summed E-state index contributed by atoms with van der Waals surface area (Å²) in [6, 6.07) is 0. The van der Waals surface area contributed by atoms with Gasteiger partial charge in [0.05, 0.1) is 18.8 Å². The number of ether oxygens (including phenoxy) is 4. The van der Waals surface area contributed by atoms with Crippen LogP contribution in [0, 0.1) is 11.8 Å². The van der Waals surface area contributed by atoms with Crippen molar-refractivity contribution < 1.29 is 18.9 Å². The van der Waals surface area contributed by atoms with Crippen LogP contribution in [0.1, 0.15) is 93.9 Å². The van der Waals surface area contributed by atoms with E-state index in [4.69, 9.17) is 18.9 Å². The summed E-state index contributed by atoms with van der Waals surface area (Å²) in [4.78, 5) is 0. The van der Waals surface area contributed by atoms with Gasteiger partial charge in [-0.2, -0.15) is 0 Å². The van der Waals surface area contributed by atoms with Gasteiger partial charge in [0, 0.05) is 35.0 Å². The van der Waals surface area contributed by atoms with Crippen LogP contribution in [0.25, 0.3) is 0 Å². The van der Waals surface area contributed by atoms with E-state index in [9.17, 15) is 0 Å². The van der Waals surface area contributed by atoms with Crippen molar-refractivity contribution in [2.24, 2.45) is 11.8 Å². The lowest BCUT2D eigenvalue weighted by Gasteiger charge is -2.09. The third kappa shape index (κ3) is 33.4.